The van der Waals surface area contributed by atoms with Crippen molar-refractivity contribution in [3.63, 3.8) is 0 Å². The van der Waals surface area contributed by atoms with Gasteiger partial charge in [0.25, 0.3) is 3.79 Å². The maximum absolute atomic E-state index is 11.2. The number of carbonyl (C=O) groups is 1. The molecular formula is C12H12Cl3NO5. The smallest absolute Gasteiger partial charge is 0.386 e. The highest BCUT2D eigenvalue weighted by molar-refractivity contribution is 6.75. The van der Waals surface area contributed by atoms with Crippen molar-refractivity contribution in [2.45, 2.75) is 3.79 Å². The molecule has 0 saturated carbocycles. The van der Waals surface area contributed by atoms with Crippen LogP contribution in [-0.2, 0) is 9.63 Å². The number of halogens is 3. The van der Waals surface area contributed by atoms with E-state index in [1.165, 1.54) is 27.5 Å². The molecule has 0 amide bonds. The van der Waals surface area contributed by atoms with Gasteiger partial charge in [0.2, 0.25) is 0 Å². The summed E-state index contributed by atoms with van der Waals surface area (Å²) in [6.07, 6.45) is 1.20. The molecule has 0 unspecified atom stereocenters. The first kappa shape index (κ1) is 17.7. The summed E-state index contributed by atoms with van der Waals surface area (Å²) in [5.74, 6) is 0.203. The van der Waals surface area contributed by atoms with Gasteiger partial charge in [-0.1, -0.05) is 40.0 Å². The van der Waals surface area contributed by atoms with Crippen molar-refractivity contribution >= 4 is 47.0 Å². The van der Waals surface area contributed by atoms with Crippen LogP contribution in [0.4, 0.5) is 0 Å². The number of rotatable bonds is 5. The van der Waals surface area contributed by atoms with E-state index in [-0.39, 0.29) is 0 Å². The molecule has 0 atom stereocenters. The quantitative estimate of drug-likeness (QED) is 0.351. The van der Waals surface area contributed by atoms with Crippen LogP contribution >= 0.6 is 34.8 Å². The molecule has 0 saturated heterocycles. The van der Waals surface area contributed by atoms with Crippen LogP contribution in [0.15, 0.2) is 17.3 Å². The second-order valence-electron chi connectivity index (χ2n) is 3.56. The molecule has 0 N–H and O–H groups in total. The zero-order valence-corrected chi connectivity index (χ0v) is 13.6. The van der Waals surface area contributed by atoms with Gasteiger partial charge < -0.3 is 19.0 Å². The first-order valence-electron chi connectivity index (χ1n) is 5.45. The van der Waals surface area contributed by atoms with Crippen LogP contribution < -0.4 is 14.2 Å². The maximum atomic E-state index is 11.2. The van der Waals surface area contributed by atoms with Crippen LogP contribution in [0.1, 0.15) is 5.56 Å². The summed E-state index contributed by atoms with van der Waals surface area (Å²) in [7, 11) is 4.42. The lowest BCUT2D eigenvalue weighted by atomic mass is 10.2. The minimum atomic E-state index is -2.20. The van der Waals surface area contributed by atoms with Crippen molar-refractivity contribution in [2.75, 3.05) is 21.3 Å². The molecular weight excluding hydrogens is 344 g/mol. The normalized spacial score (nSPS) is 11.3. The van der Waals surface area contributed by atoms with E-state index < -0.39 is 9.76 Å². The molecule has 0 aromatic heterocycles. The molecule has 0 fully saturated rings. The minimum absolute atomic E-state index is 0.403. The predicted octanol–water partition coefficient (Wildman–Crippen LogP) is 2.96. The van der Waals surface area contributed by atoms with E-state index >= 15 is 0 Å². The standard InChI is InChI=1S/C12H12Cl3NO5/c1-18-7-4-9(19-2)8(10(5-7)20-3)6-16-21-11(17)12(13,14)15/h4-6H,1-3H3. The third-order valence-corrected chi connectivity index (χ3v) is 2.76. The van der Waals surface area contributed by atoms with Crippen LogP contribution in [0.25, 0.3) is 0 Å². The molecule has 1 aromatic carbocycles. The van der Waals surface area contributed by atoms with E-state index in [1.807, 2.05) is 0 Å². The first-order chi connectivity index (χ1) is 9.83. The van der Waals surface area contributed by atoms with Gasteiger partial charge in [-0.3, -0.25) is 0 Å². The molecule has 0 aliphatic rings. The number of ether oxygens (including phenoxy) is 3. The third kappa shape index (κ3) is 4.84. The molecule has 1 aromatic rings. The monoisotopic (exact) mass is 355 g/mol. The largest absolute Gasteiger partial charge is 0.496 e. The summed E-state index contributed by atoms with van der Waals surface area (Å²) in [4.78, 5) is 15.7. The number of hydrogen-bond acceptors (Lipinski definition) is 6. The highest BCUT2D eigenvalue weighted by Crippen LogP contribution is 2.33. The van der Waals surface area contributed by atoms with Crippen molar-refractivity contribution in [3.05, 3.63) is 17.7 Å². The average molecular weight is 357 g/mol. The maximum Gasteiger partial charge on any atom is 0.386 e. The molecule has 0 aliphatic heterocycles. The number of benzene rings is 1. The van der Waals surface area contributed by atoms with Gasteiger partial charge in [-0.05, 0) is 0 Å². The molecule has 0 aliphatic carbocycles. The van der Waals surface area contributed by atoms with Crippen LogP contribution in [0.5, 0.6) is 17.2 Å². The molecule has 1 rings (SSSR count). The van der Waals surface area contributed by atoms with Crippen LogP contribution in [-0.4, -0.2) is 37.3 Å². The summed E-state index contributed by atoms with van der Waals surface area (Å²) in [6.45, 7) is 0. The van der Waals surface area contributed by atoms with Crippen LogP contribution in [0.2, 0.25) is 0 Å². The Balaban J connectivity index is 3.04. The lowest BCUT2D eigenvalue weighted by Crippen LogP contribution is -2.19. The Hall–Kier alpha value is -1.37. The van der Waals surface area contributed by atoms with Crippen molar-refractivity contribution < 1.29 is 23.8 Å². The Morgan fingerprint density at radius 1 is 1.10 bits per heavy atom. The lowest BCUT2D eigenvalue weighted by molar-refractivity contribution is -0.142. The van der Waals surface area contributed by atoms with Gasteiger partial charge in [0, 0.05) is 12.1 Å². The predicted molar refractivity (Wildman–Crippen MR) is 80.1 cm³/mol. The Bertz CT molecular complexity index is 517. The highest BCUT2D eigenvalue weighted by Gasteiger charge is 2.33. The van der Waals surface area contributed by atoms with Crippen molar-refractivity contribution in [1.82, 2.24) is 0 Å². The zero-order chi connectivity index (χ0) is 16.0. The Morgan fingerprint density at radius 3 is 2.00 bits per heavy atom. The summed E-state index contributed by atoms with van der Waals surface area (Å²) in [5.41, 5.74) is 0.429. The number of methoxy groups -OCH3 is 3. The van der Waals surface area contributed by atoms with E-state index in [4.69, 9.17) is 49.0 Å². The van der Waals surface area contributed by atoms with E-state index in [1.54, 1.807) is 12.1 Å². The van der Waals surface area contributed by atoms with Gasteiger partial charge in [0.05, 0.1) is 33.1 Å². The second-order valence-corrected chi connectivity index (χ2v) is 5.84. The first-order valence-corrected chi connectivity index (χ1v) is 6.58. The molecule has 6 nitrogen and oxygen atoms in total. The summed E-state index contributed by atoms with van der Waals surface area (Å²) in [6, 6.07) is 3.22. The molecule has 9 heteroatoms. The minimum Gasteiger partial charge on any atom is -0.496 e. The molecule has 0 spiro atoms. The van der Waals surface area contributed by atoms with Gasteiger partial charge in [0.1, 0.15) is 17.2 Å². The summed E-state index contributed by atoms with van der Waals surface area (Å²) in [5, 5.41) is 3.45. The van der Waals surface area contributed by atoms with E-state index in [9.17, 15) is 4.79 Å². The Labute approximate surface area is 136 Å². The molecule has 0 heterocycles. The molecule has 0 radical (unpaired) electrons. The number of oxime groups is 1. The van der Waals surface area contributed by atoms with E-state index in [0.717, 1.165) is 0 Å². The van der Waals surface area contributed by atoms with Gasteiger partial charge in [-0.2, -0.15) is 0 Å². The number of nitrogens with zero attached hydrogens (tertiary/aromatic N) is 1. The number of hydrogen-bond donors (Lipinski definition) is 0. The highest BCUT2D eigenvalue weighted by atomic mass is 35.6. The number of alkyl halides is 3. The van der Waals surface area contributed by atoms with Gasteiger partial charge in [-0.15, -0.1) is 0 Å². The Kier molecular flexibility index (Phi) is 6.39. The fourth-order valence-electron chi connectivity index (χ4n) is 1.34. The molecule has 0 bridgehead atoms. The van der Waals surface area contributed by atoms with Crippen LogP contribution in [0, 0.1) is 0 Å². The molecule has 21 heavy (non-hydrogen) atoms. The van der Waals surface area contributed by atoms with Crippen LogP contribution in [0.3, 0.4) is 0 Å². The number of carbonyl (C=O) groups excluding carboxylic acids is 1. The fraction of sp³-hybridized carbons (Fsp3) is 0.333. The zero-order valence-electron chi connectivity index (χ0n) is 11.4. The fourth-order valence-corrected chi connectivity index (χ4v) is 1.44. The van der Waals surface area contributed by atoms with E-state index in [2.05, 4.69) is 9.99 Å². The van der Waals surface area contributed by atoms with E-state index in [0.29, 0.717) is 22.8 Å². The van der Waals surface area contributed by atoms with Crippen molar-refractivity contribution in [2.24, 2.45) is 5.16 Å². The van der Waals surface area contributed by atoms with Gasteiger partial charge in [0.15, 0.2) is 0 Å². The third-order valence-electron chi connectivity index (χ3n) is 2.30. The SMILES string of the molecule is COc1cc(OC)c(C=NOC(=O)C(Cl)(Cl)Cl)c(OC)c1. The Morgan fingerprint density at radius 2 is 1.62 bits per heavy atom. The second kappa shape index (κ2) is 7.59. The lowest BCUT2D eigenvalue weighted by Gasteiger charge is -2.12. The average Bonchev–Trinajstić information content (AvgIpc) is 2.45. The summed E-state index contributed by atoms with van der Waals surface area (Å²) < 4.78 is 13.3. The van der Waals surface area contributed by atoms with Gasteiger partial charge >= 0.3 is 5.97 Å². The van der Waals surface area contributed by atoms with Gasteiger partial charge in [-0.25, -0.2) is 4.79 Å². The van der Waals surface area contributed by atoms with Crippen molar-refractivity contribution in [3.8, 4) is 17.2 Å². The molecule has 116 valence electrons. The summed E-state index contributed by atoms with van der Waals surface area (Å²) >= 11 is 16.0. The topological polar surface area (TPSA) is 66.3 Å². The van der Waals surface area contributed by atoms with Crippen molar-refractivity contribution in [1.29, 1.82) is 0 Å².